The van der Waals surface area contributed by atoms with Gasteiger partial charge in [0.1, 0.15) is 0 Å². The monoisotopic (exact) mass is 277 g/mol. The highest BCUT2D eigenvalue weighted by Gasteiger charge is 2.12. The summed E-state index contributed by atoms with van der Waals surface area (Å²) in [5.74, 6) is 0.175. The zero-order valence-corrected chi connectivity index (χ0v) is 13.1. The van der Waals surface area contributed by atoms with Gasteiger partial charge in [-0.2, -0.15) is 0 Å². The summed E-state index contributed by atoms with van der Waals surface area (Å²) >= 11 is 0. The number of rotatable bonds is 8. The largest absolute Gasteiger partial charge is 0.365 e. The zero-order chi connectivity index (χ0) is 15.0. The Bertz CT molecular complexity index is 399. The third-order valence-electron chi connectivity index (χ3n) is 3.44. The number of amides is 1. The molecule has 0 saturated heterocycles. The Hall–Kier alpha value is -1.55. The molecular weight excluding hydrogens is 250 g/mol. The Morgan fingerprint density at radius 2 is 1.70 bits per heavy atom. The molecule has 1 aromatic carbocycles. The molecule has 0 radical (unpaired) electrons. The fourth-order valence-electron chi connectivity index (χ4n) is 2.11. The second kappa shape index (κ2) is 8.59. The van der Waals surface area contributed by atoms with E-state index >= 15 is 0 Å². The Labute approximate surface area is 122 Å². The lowest BCUT2D eigenvalue weighted by molar-refractivity contribution is -0.129. The van der Waals surface area contributed by atoms with Crippen molar-refractivity contribution in [1.29, 1.82) is 0 Å². The predicted octanol–water partition coefficient (Wildman–Crippen LogP) is 2.10. The summed E-state index contributed by atoms with van der Waals surface area (Å²) in [6.07, 6.45) is 0. The first-order chi connectivity index (χ1) is 9.62. The number of anilines is 1. The van der Waals surface area contributed by atoms with E-state index in [9.17, 15) is 4.79 Å². The predicted molar refractivity (Wildman–Crippen MR) is 85.0 cm³/mol. The van der Waals surface area contributed by atoms with Crippen LogP contribution in [-0.4, -0.2) is 44.0 Å². The fourth-order valence-corrected chi connectivity index (χ4v) is 2.11. The van der Waals surface area contributed by atoms with Gasteiger partial charge in [-0.05, 0) is 38.1 Å². The van der Waals surface area contributed by atoms with Crippen molar-refractivity contribution in [1.82, 2.24) is 10.2 Å². The molecule has 0 aliphatic heterocycles. The van der Waals surface area contributed by atoms with Crippen molar-refractivity contribution in [3.8, 4) is 0 Å². The normalized spacial score (nSPS) is 10.4. The van der Waals surface area contributed by atoms with Crippen molar-refractivity contribution in [2.45, 2.75) is 27.3 Å². The first-order valence-electron chi connectivity index (χ1n) is 7.40. The minimum atomic E-state index is 0.175. The molecule has 1 rings (SSSR count). The van der Waals surface area contributed by atoms with E-state index in [-0.39, 0.29) is 5.91 Å². The molecule has 0 fully saturated rings. The number of nitrogens with zero attached hydrogens (tertiary/aromatic N) is 2. The Kier molecular flexibility index (Phi) is 7.09. The maximum atomic E-state index is 12.1. The van der Waals surface area contributed by atoms with Crippen LogP contribution in [0.3, 0.4) is 0 Å². The SMILES string of the molecule is CCNCc1ccc(N(C)CC(=O)N(CC)CC)cc1. The van der Waals surface area contributed by atoms with Crippen LogP contribution in [0.1, 0.15) is 26.3 Å². The molecule has 112 valence electrons. The highest BCUT2D eigenvalue weighted by molar-refractivity contribution is 5.81. The van der Waals surface area contributed by atoms with Crippen molar-refractivity contribution >= 4 is 11.6 Å². The summed E-state index contributed by atoms with van der Waals surface area (Å²) in [5, 5.41) is 3.30. The van der Waals surface area contributed by atoms with E-state index < -0.39 is 0 Å². The van der Waals surface area contributed by atoms with E-state index in [4.69, 9.17) is 0 Å². The van der Waals surface area contributed by atoms with Gasteiger partial charge in [0, 0.05) is 32.4 Å². The van der Waals surface area contributed by atoms with Crippen LogP contribution in [0, 0.1) is 0 Å². The van der Waals surface area contributed by atoms with Gasteiger partial charge in [-0.25, -0.2) is 0 Å². The number of benzene rings is 1. The molecule has 0 atom stereocenters. The van der Waals surface area contributed by atoms with Crippen molar-refractivity contribution in [3.63, 3.8) is 0 Å². The van der Waals surface area contributed by atoms with E-state index in [1.165, 1.54) is 5.56 Å². The van der Waals surface area contributed by atoms with Crippen molar-refractivity contribution in [2.24, 2.45) is 0 Å². The average molecular weight is 277 g/mol. The number of hydrogen-bond donors (Lipinski definition) is 1. The summed E-state index contributed by atoms with van der Waals surface area (Å²) in [5.41, 5.74) is 2.34. The summed E-state index contributed by atoms with van der Waals surface area (Å²) in [7, 11) is 1.96. The Morgan fingerprint density at radius 3 is 2.20 bits per heavy atom. The maximum Gasteiger partial charge on any atom is 0.242 e. The highest BCUT2D eigenvalue weighted by Crippen LogP contribution is 2.14. The van der Waals surface area contributed by atoms with Gasteiger partial charge in [0.2, 0.25) is 5.91 Å². The average Bonchev–Trinajstić information content (AvgIpc) is 2.46. The van der Waals surface area contributed by atoms with Crippen LogP contribution in [0.15, 0.2) is 24.3 Å². The van der Waals surface area contributed by atoms with Gasteiger partial charge in [-0.3, -0.25) is 4.79 Å². The van der Waals surface area contributed by atoms with E-state index in [2.05, 4.69) is 36.5 Å². The molecule has 20 heavy (non-hydrogen) atoms. The van der Waals surface area contributed by atoms with Gasteiger partial charge in [0.25, 0.3) is 0 Å². The lowest BCUT2D eigenvalue weighted by Crippen LogP contribution is -2.38. The van der Waals surface area contributed by atoms with Gasteiger partial charge >= 0.3 is 0 Å². The molecule has 4 nitrogen and oxygen atoms in total. The van der Waals surface area contributed by atoms with Gasteiger partial charge in [0.05, 0.1) is 6.54 Å². The lowest BCUT2D eigenvalue weighted by Gasteiger charge is -2.24. The third-order valence-corrected chi connectivity index (χ3v) is 3.44. The van der Waals surface area contributed by atoms with E-state index in [0.717, 1.165) is 31.9 Å². The van der Waals surface area contributed by atoms with Crippen LogP contribution in [0.4, 0.5) is 5.69 Å². The number of carbonyl (C=O) groups excluding carboxylic acids is 1. The van der Waals surface area contributed by atoms with Gasteiger partial charge in [-0.15, -0.1) is 0 Å². The van der Waals surface area contributed by atoms with E-state index in [1.807, 2.05) is 30.7 Å². The van der Waals surface area contributed by atoms with Gasteiger partial charge in [0.15, 0.2) is 0 Å². The zero-order valence-electron chi connectivity index (χ0n) is 13.1. The van der Waals surface area contributed by atoms with Crippen LogP contribution in [0.5, 0.6) is 0 Å². The number of likely N-dealkylation sites (N-methyl/N-ethyl adjacent to an activating group) is 2. The topological polar surface area (TPSA) is 35.6 Å². The Balaban J connectivity index is 2.58. The smallest absolute Gasteiger partial charge is 0.242 e. The third kappa shape index (κ3) is 4.85. The van der Waals surface area contributed by atoms with Crippen LogP contribution in [0.2, 0.25) is 0 Å². The van der Waals surface area contributed by atoms with Gasteiger partial charge < -0.3 is 15.1 Å². The fraction of sp³-hybridized carbons (Fsp3) is 0.562. The number of hydrogen-bond acceptors (Lipinski definition) is 3. The Morgan fingerprint density at radius 1 is 1.10 bits per heavy atom. The van der Waals surface area contributed by atoms with Gasteiger partial charge in [-0.1, -0.05) is 19.1 Å². The maximum absolute atomic E-state index is 12.1. The summed E-state index contributed by atoms with van der Waals surface area (Å²) in [4.78, 5) is 15.9. The molecule has 0 bridgehead atoms. The first-order valence-corrected chi connectivity index (χ1v) is 7.40. The molecule has 0 unspecified atom stereocenters. The van der Waals surface area contributed by atoms with E-state index in [0.29, 0.717) is 6.54 Å². The number of nitrogens with one attached hydrogen (secondary N) is 1. The minimum absolute atomic E-state index is 0.175. The molecule has 1 amide bonds. The molecule has 0 aromatic heterocycles. The standard InChI is InChI=1S/C16H27N3O/c1-5-17-12-14-8-10-15(11-9-14)18(4)13-16(20)19(6-2)7-3/h8-11,17H,5-7,12-13H2,1-4H3. The van der Waals surface area contributed by atoms with Crippen LogP contribution in [-0.2, 0) is 11.3 Å². The van der Waals surface area contributed by atoms with Crippen LogP contribution in [0.25, 0.3) is 0 Å². The molecule has 0 spiro atoms. The molecule has 0 aliphatic carbocycles. The lowest BCUT2D eigenvalue weighted by atomic mass is 10.2. The van der Waals surface area contributed by atoms with Crippen LogP contribution < -0.4 is 10.2 Å². The summed E-state index contributed by atoms with van der Waals surface area (Å²) < 4.78 is 0. The molecule has 0 saturated carbocycles. The second-order valence-corrected chi connectivity index (χ2v) is 4.87. The van der Waals surface area contributed by atoms with Crippen LogP contribution >= 0.6 is 0 Å². The molecule has 1 aromatic rings. The summed E-state index contributed by atoms with van der Waals surface area (Å²) in [6, 6.07) is 8.36. The molecular formula is C16H27N3O. The second-order valence-electron chi connectivity index (χ2n) is 4.87. The van der Waals surface area contributed by atoms with E-state index in [1.54, 1.807) is 0 Å². The number of carbonyl (C=O) groups is 1. The molecule has 0 heterocycles. The van der Waals surface area contributed by atoms with Crippen molar-refractivity contribution in [3.05, 3.63) is 29.8 Å². The molecule has 1 N–H and O–H groups in total. The molecule has 0 aliphatic rings. The first kappa shape index (κ1) is 16.5. The van der Waals surface area contributed by atoms with Crippen molar-refractivity contribution in [2.75, 3.05) is 38.1 Å². The highest BCUT2D eigenvalue weighted by atomic mass is 16.2. The summed E-state index contributed by atoms with van der Waals surface area (Å²) in [6.45, 7) is 9.94. The quantitative estimate of drug-likeness (QED) is 0.790. The molecule has 4 heteroatoms. The minimum Gasteiger partial charge on any atom is -0.365 e. The van der Waals surface area contributed by atoms with Crippen molar-refractivity contribution < 1.29 is 4.79 Å².